The summed E-state index contributed by atoms with van der Waals surface area (Å²) in [4.78, 5) is 13.1. The molecule has 0 aliphatic heterocycles. The summed E-state index contributed by atoms with van der Waals surface area (Å²) in [5, 5.41) is 0. The highest BCUT2D eigenvalue weighted by atomic mass is 79.9. The summed E-state index contributed by atoms with van der Waals surface area (Å²) < 4.78 is 7.56. The molecule has 106 valence electrons. The lowest BCUT2D eigenvalue weighted by Crippen LogP contribution is -2.29. The molecule has 0 radical (unpaired) electrons. The van der Waals surface area contributed by atoms with Crippen LogP contribution in [0, 0.1) is 6.92 Å². The van der Waals surface area contributed by atoms with E-state index in [0.29, 0.717) is 11.5 Å². The first-order valence-electron chi connectivity index (χ1n) is 5.70. The number of aryl methyl sites for hydroxylation is 1. The fourth-order valence-electron chi connectivity index (χ4n) is 1.62. The first-order chi connectivity index (χ1) is 9.52. The molecule has 0 saturated heterocycles. The quantitative estimate of drug-likeness (QED) is 0.450. The van der Waals surface area contributed by atoms with Crippen LogP contribution in [0.4, 0.5) is 0 Å². The molecule has 0 unspecified atom stereocenters. The standard InChI is InChI=1S/C13H12Br2N2O2S/c1-7-8(5-11(20-7)13(18)17-16)6-19-12-9(14)3-2-4-10(12)15/h2-5H,6,16H2,1H3,(H,17,18). The van der Waals surface area contributed by atoms with Gasteiger partial charge in [0.05, 0.1) is 13.8 Å². The van der Waals surface area contributed by atoms with E-state index in [1.54, 1.807) is 6.07 Å². The van der Waals surface area contributed by atoms with E-state index >= 15 is 0 Å². The van der Waals surface area contributed by atoms with Gasteiger partial charge in [-0.05, 0) is 57.0 Å². The number of para-hydroxylation sites is 1. The summed E-state index contributed by atoms with van der Waals surface area (Å²) in [5.41, 5.74) is 3.10. The van der Waals surface area contributed by atoms with E-state index < -0.39 is 0 Å². The zero-order chi connectivity index (χ0) is 14.7. The molecule has 0 bridgehead atoms. The number of amides is 1. The predicted molar refractivity (Wildman–Crippen MR) is 86.9 cm³/mol. The van der Waals surface area contributed by atoms with Crippen molar-refractivity contribution >= 4 is 49.1 Å². The Bertz CT molecular complexity index is 623. The molecule has 0 spiro atoms. The number of hydrogen-bond donors (Lipinski definition) is 2. The van der Waals surface area contributed by atoms with Crippen LogP contribution in [0.1, 0.15) is 20.1 Å². The molecule has 3 N–H and O–H groups in total. The van der Waals surface area contributed by atoms with Crippen LogP contribution in [-0.4, -0.2) is 5.91 Å². The summed E-state index contributed by atoms with van der Waals surface area (Å²) in [5.74, 6) is 5.58. The number of carbonyl (C=O) groups is 1. The third-order valence-electron chi connectivity index (χ3n) is 2.67. The number of hydrazine groups is 1. The highest BCUT2D eigenvalue weighted by Gasteiger charge is 2.13. The maximum atomic E-state index is 11.5. The van der Waals surface area contributed by atoms with Crippen LogP contribution >= 0.6 is 43.2 Å². The van der Waals surface area contributed by atoms with Crippen LogP contribution < -0.4 is 16.0 Å². The van der Waals surface area contributed by atoms with Crippen LogP contribution in [0.25, 0.3) is 0 Å². The Kier molecular flexibility index (Phi) is 5.20. The van der Waals surface area contributed by atoms with Crippen molar-refractivity contribution in [3.8, 4) is 5.75 Å². The van der Waals surface area contributed by atoms with Crippen LogP contribution in [0.2, 0.25) is 0 Å². The monoisotopic (exact) mass is 418 g/mol. The Balaban J connectivity index is 2.15. The number of nitrogens with one attached hydrogen (secondary N) is 1. The molecule has 1 aromatic heterocycles. The van der Waals surface area contributed by atoms with Crippen molar-refractivity contribution < 1.29 is 9.53 Å². The summed E-state index contributed by atoms with van der Waals surface area (Å²) >= 11 is 8.29. The third-order valence-corrected chi connectivity index (χ3v) is 5.01. The molecule has 0 atom stereocenters. The maximum absolute atomic E-state index is 11.5. The van der Waals surface area contributed by atoms with Crippen LogP contribution in [0.5, 0.6) is 5.75 Å². The highest BCUT2D eigenvalue weighted by Crippen LogP contribution is 2.34. The van der Waals surface area contributed by atoms with Crippen LogP contribution in [0.3, 0.4) is 0 Å². The van der Waals surface area contributed by atoms with E-state index in [-0.39, 0.29) is 5.91 Å². The Morgan fingerprint density at radius 2 is 2.05 bits per heavy atom. The first-order valence-corrected chi connectivity index (χ1v) is 8.10. The molecular formula is C13H12Br2N2O2S. The van der Waals surface area contributed by atoms with Crippen molar-refractivity contribution in [3.05, 3.63) is 48.5 Å². The summed E-state index contributed by atoms with van der Waals surface area (Å²) in [6, 6.07) is 7.54. The van der Waals surface area contributed by atoms with Crippen LogP contribution in [0.15, 0.2) is 33.2 Å². The lowest BCUT2D eigenvalue weighted by molar-refractivity contribution is 0.0957. The van der Waals surface area contributed by atoms with Crippen molar-refractivity contribution in [3.63, 3.8) is 0 Å². The number of thiophene rings is 1. The average molecular weight is 420 g/mol. The van der Waals surface area contributed by atoms with E-state index in [9.17, 15) is 4.79 Å². The molecule has 0 saturated carbocycles. The normalized spacial score (nSPS) is 10.4. The topological polar surface area (TPSA) is 64.4 Å². The van der Waals surface area contributed by atoms with Crippen molar-refractivity contribution in [2.45, 2.75) is 13.5 Å². The van der Waals surface area contributed by atoms with E-state index in [2.05, 4.69) is 37.3 Å². The van der Waals surface area contributed by atoms with Gasteiger partial charge in [0.2, 0.25) is 0 Å². The molecule has 4 nitrogen and oxygen atoms in total. The summed E-state index contributed by atoms with van der Waals surface area (Å²) in [6.45, 7) is 2.34. The number of ether oxygens (including phenoxy) is 1. The number of rotatable bonds is 4. The Labute approximate surface area is 137 Å². The number of benzene rings is 1. The molecule has 7 heteroatoms. The van der Waals surface area contributed by atoms with Gasteiger partial charge in [-0.1, -0.05) is 6.07 Å². The van der Waals surface area contributed by atoms with E-state index in [1.165, 1.54) is 11.3 Å². The van der Waals surface area contributed by atoms with Crippen molar-refractivity contribution in [2.24, 2.45) is 5.84 Å². The van der Waals surface area contributed by atoms with E-state index in [4.69, 9.17) is 10.6 Å². The molecule has 0 aliphatic rings. The molecule has 1 heterocycles. The second-order valence-corrected chi connectivity index (χ2v) is 6.97. The second kappa shape index (κ2) is 6.71. The molecular weight excluding hydrogens is 408 g/mol. The van der Waals surface area contributed by atoms with Gasteiger partial charge in [-0.15, -0.1) is 11.3 Å². The summed E-state index contributed by atoms with van der Waals surface area (Å²) in [7, 11) is 0. The van der Waals surface area contributed by atoms with Gasteiger partial charge < -0.3 is 4.74 Å². The minimum atomic E-state index is -0.286. The molecule has 1 aromatic carbocycles. The lowest BCUT2D eigenvalue weighted by atomic mass is 10.2. The SMILES string of the molecule is Cc1sc(C(=O)NN)cc1COc1c(Br)cccc1Br. The number of nitrogens with two attached hydrogens (primary N) is 1. The van der Waals surface area contributed by atoms with Gasteiger partial charge in [-0.2, -0.15) is 0 Å². The van der Waals surface area contributed by atoms with Gasteiger partial charge in [0.25, 0.3) is 5.91 Å². The fraction of sp³-hybridized carbons (Fsp3) is 0.154. The second-order valence-electron chi connectivity index (χ2n) is 4.00. The van der Waals surface area contributed by atoms with E-state index in [0.717, 1.165) is 25.1 Å². The maximum Gasteiger partial charge on any atom is 0.275 e. The number of carbonyl (C=O) groups excluding carboxylic acids is 1. The Morgan fingerprint density at radius 1 is 1.40 bits per heavy atom. The van der Waals surface area contributed by atoms with Crippen molar-refractivity contribution in [2.75, 3.05) is 0 Å². The molecule has 0 fully saturated rings. The van der Waals surface area contributed by atoms with Crippen LogP contribution in [-0.2, 0) is 6.61 Å². The first kappa shape index (κ1) is 15.5. The minimum absolute atomic E-state index is 0.286. The van der Waals surface area contributed by atoms with Crippen molar-refractivity contribution in [1.82, 2.24) is 5.43 Å². The molecule has 2 aromatic rings. The Morgan fingerprint density at radius 3 is 2.65 bits per heavy atom. The van der Waals surface area contributed by atoms with Gasteiger partial charge in [-0.3, -0.25) is 10.2 Å². The smallest absolute Gasteiger partial charge is 0.275 e. The summed E-state index contributed by atoms with van der Waals surface area (Å²) in [6.07, 6.45) is 0. The van der Waals surface area contributed by atoms with Gasteiger partial charge in [0.15, 0.2) is 0 Å². The van der Waals surface area contributed by atoms with Gasteiger partial charge in [0.1, 0.15) is 12.4 Å². The van der Waals surface area contributed by atoms with Gasteiger partial charge in [-0.25, -0.2) is 5.84 Å². The minimum Gasteiger partial charge on any atom is -0.486 e. The van der Waals surface area contributed by atoms with Crippen molar-refractivity contribution in [1.29, 1.82) is 0 Å². The van der Waals surface area contributed by atoms with E-state index in [1.807, 2.05) is 25.1 Å². The largest absolute Gasteiger partial charge is 0.486 e. The van der Waals surface area contributed by atoms with Gasteiger partial charge >= 0.3 is 0 Å². The number of nitrogen functional groups attached to an aromatic ring is 1. The molecule has 0 aliphatic carbocycles. The predicted octanol–water partition coefficient (Wildman–Crippen LogP) is 3.76. The number of halogens is 2. The average Bonchev–Trinajstić information content (AvgIpc) is 2.79. The molecule has 1 amide bonds. The fourth-order valence-corrected chi connectivity index (χ4v) is 3.78. The third kappa shape index (κ3) is 3.41. The Hall–Kier alpha value is -0.890. The zero-order valence-corrected chi connectivity index (χ0v) is 14.6. The highest BCUT2D eigenvalue weighted by molar-refractivity contribution is 9.11. The number of hydrogen-bond acceptors (Lipinski definition) is 4. The lowest BCUT2D eigenvalue weighted by Gasteiger charge is -2.09. The molecule has 2 rings (SSSR count). The molecule has 20 heavy (non-hydrogen) atoms. The van der Waals surface area contributed by atoms with Gasteiger partial charge in [0, 0.05) is 10.4 Å². The zero-order valence-electron chi connectivity index (χ0n) is 10.6.